The van der Waals surface area contributed by atoms with Gasteiger partial charge in [-0.2, -0.15) is 0 Å². The van der Waals surface area contributed by atoms with Crippen LogP contribution in [0, 0.1) is 0 Å². The lowest BCUT2D eigenvalue weighted by molar-refractivity contribution is 0.101. The first-order chi connectivity index (χ1) is 8.72. The van der Waals surface area contributed by atoms with Crippen LogP contribution >= 0.6 is 0 Å². The van der Waals surface area contributed by atoms with Gasteiger partial charge in [-0.05, 0) is 26.0 Å². The van der Waals surface area contributed by atoms with Crippen molar-refractivity contribution in [2.24, 2.45) is 0 Å². The molecular formula is C16H15NO. The van der Waals surface area contributed by atoms with E-state index in [-0.39, 0.29) is 5.78 Å². The normalized spacial score (nSPS) is 11.2. The summed E-state index contributed by atoms with van der Waals surface area (Å²) in [6.45, 7) is 4.65. The average Bonchev–Trinajstić information content (AvgIpc) is 2.71. The minimum Gasteiger partial charge on any atom is -0.341 e. The number of hydrogen-bond donors (Lipinski definition) is 0. The zero-order valence-corrected chi connectivity index (χ0v) is 10.6. The van der Waals surface area contributed by atoms with Gasteiger partial charge < -0.3 is 4.57 Å². The van der Waals surface area contributed by atoms with Crippen molar-refractivity contribution in [2.45, 2.75) is 20.4 Å². The number of para-hydroxylation sites is 1. The molecule has 0 atom stereocenters. The predicted molar refractivity (Wildman–Crippen MR) is 75.1 cm³/mol. The lowest BCUT2D eigenvalue weighted by atomic mass is 10.1. The Morgan fingerprint density at radius 1 is 1.06 bits per heavy atom. The highest BCUT2D eigenvalue weighted by molar-refractivity contribution is 6.10. The molecule has 2 heteroatoms. The maximum absolute atomic E-state index is 11.5. The molecule has 0 radical (unpaired) electrons. The van der Waals surface area contributed by atoms with Gasteiger partial charge in [0, 0.05) is 33.9 Å². The van der Waals surface area contributed by atoms with Gasteiger partial charge in [-0.3, -0.25) is 4.79 Å². The van der Waals surface area contributed by atoms with Crippen molar-refractivity contribution in [3.05, 3.63) is 48.0 Å². The van der Waals surface area contributed by atoms with Crippen LogP contribution in [0.1, 0.15) is 24.2 Å². The first-order valence-corrected chi connectivity index (χ1v) is 6.24. The summed E-state index contributed by atoms with van der Waals surface area (Å²) in [5.74, 6) is 0.116. The van der Waals surface area contributed by atoms with Crippen molar-refractivity contribution in [1.29, 1.82) is 0 Å². The molecular weight excluding hydrogens is 222 g/mol. The van der Waals surface area contributed by atoms with Crippen molar-refractivity contribution in [3.8, 4) is 0 Å². The number of aryl methyl sites for hydroxylation is 1. The standard InChI is InChI=1S/C16H15NO/c1-3-17-15-7-5-4-6-13(15)14-9-8-12(11(2)18)10-16(14)17/h4-10H,3H2,1-2H3. The molecule has 1 aromatic heterocycles. The maximum atomic E-state index is 11.5. The fraction of sp³-hybridized carbons (Fsp3) is 0.188. The van der Waals surface area contributed by atoms with E-state index in [4.69, 9.17) is 0 Å². The third kappa shape index (κ3) is 1.46. The number of hydrogen-bond acceptors (Lipinski definition) is 1. The number of Topliss-reactive ketones (excluding diaryl/α,β-unsaturated/α-hetero) is 1. The summed E-state index contributed by atoms with van der Waals surface area (Å²) in [5.41, 5.74) is 3.15. The highest BCUT2D eigenvalue weighted by atomic mass is 16.1. The van der Waals surface area contributed by atoms with Gasteiger partial charge in [0.05, 0.1) is 0 Å². The average molecular weight is 237 g/mol. The summed E-state index contributed by atoms with van der Waals surface area (Å²) >= 11 is 0. The summed E-state index contributed by atoms with van der Waals surface area (Å²) in [5, 5.41) is 2.47. The zero-order valence-electron chi connectivity index (χ0n) is 10.6. The number of aromatic nitrogens is 1. The van der Waals surface area contributed by atoms with E-state index in [2.05, 4.69) is 41.8 Å². The van der Waals surface area contributed by atoms with Crippen LogP contribution in [0.25, 0.3) is 21.8 Å². The maximum Gasteiger partial charge on any atom is 0.159 e. The van der Waals surface area contributed by atoms with Gasteiger partial charge in [-0.15, -0.1) is 0 Å². The Kier molecular flexibility index (Phi) is 2.44. The Morgan fingerprint density at radius 2 is 1.78 bits per heavy atom. The smallest absolute Gasteiger partial charge is 0.159 e. The molecule has 0 unspecified atom stereocenters. The van der Waals surface area contributed by atoms with E-state index in [9.17, 15) is 4.79 Å². The van der Waals surface area contributed by atoms with Gasteiger partial charge in [-0.1, -0.05) is 30.3 Å². The number of ketones is 1. The van der Waals surface area contributed by atoms with Crippen LogP contribution in [0.15, 0.2) is 42.5 Å². The Labute approximate surface area is 106 Å². The Morgan fingerprint density at radius 3 is 2.50 bits per heavy atom. The van der Waals surface area contributed by atoms with Crippen molar-refractivity contribution >= 4 is 27.6 Å². The minimum atomic E-state index is 0.116. The lowest BCUT2D eigenvalue weighted by Gasteiger charge is -2.03. The van der Waals surface area contributed by atoms with E-state index < -0.39 is 0 Å². The molecule has 18 heavy (non-hydrogen) atoms. The van der Waals surface area contributed by atoms with E-state index in [1.165, 1.54) is 16.3 Å². The third-order valence-electron chi connectivity index (χ3n) is 3.50. The molecule has 90 valence electrons. The molecule has 0 saturated carbocycles. The molecule has 2 aromatic carbocycles. The van der Waals surface area contributed by atoms with Crippen LogP contribution in [0.3, 0.4) is 0 Å². The second kappa shape index (κ2) is 3.98. The van der Waals surface area contributed by atoms with Gasteiger partial charge in [0.15, 0.2) is 5.78 Å². The van der Waals surface area contributed by atoms with E-state index in [1.54, 1.807) is 6.92 Å². The molecule has 0 aliphatic carbocycles. The number of fused-ring (bicyclic) bond motifs is 3. The minimum absolute atomic E-state index is 0.116. The quantitative estimate of drug-likeness (QED) is 0.617. The van der Waals surface area contributed by atoms with Crippen molar-refractivity contribution < 1.29 is 4.79 Å². The van der Waals surface area contributed by atoms with Gasteiger partial charge in [0.2, 0.25) is 0 Å². The van der Waals surface area contributed by atoms with Crippen LogP contribution < -0.4 is 0 Å². The number of carbonyl (C=O) groups is 1. The van der Waals surface area contributed by atoms with Crippen LogP contribution in [-0.4, -0.2) is 10.4 Å². The summed E-state index contributed by atoms with van der Waals surface area (Å²) in [6, 6.07) is 14.3. The summed E-state index contributed by atoms with van der Waals surface area (Å²) in [6.07, 6.45) is 0. The molecule has 0 bridgehead atoms. The predicted octanol–water partition coefficient (Wildman–Crippen LogP) is 4.02. The largest absolute Gasteiger partial charge is 0.341 e. The molecule has 0 N–H and O–H groups in total. The fourth-order valence-electron chi connectivity index (χ4n) is 2.61. The molecule has 0 fully saturated rings. The molecule has 0 amide bonds. The SMILES string of the molecule is CCn1c2ccccc2c2ccc(C(C)=O)cc21. The first kappa shape index (κ1) is 11.0. The van der Waals surface area contributed by atoms with Crippen LogP contribution in [0.2, 0.25) is 0 Å². The van der Waals surface area contributed by atoms with Gasteiger partial charge >= 0.3 is 0 Å². The van der Waals surface area contributed by atoms with Crippen LogP contribution in [-0.2, 0) is 6.54 Å². The molecule has 0 aliphatic rings. The van der Waals surface area contributed by atoms with Crippen LogP contribution in [0.5, 0.6) is 0 Å². The zero-order chi connectivity index (χ0) is 12.7. The molecule has 0 aliphatic heterocycles. The second-order valence-electron chi connectivity index (χ2n) is 4.55. The van der Waals surface area contributed by atoms with E-state index in [0.717, 1.165) is 17.6 Å². The highest BCUT2D eigenvalue weighted by Gasteiger charge is 2.10. The van der Waals surface area contributed by atoms with Gasteiger partial charge in [0.25, 0.3) is 0 Å². The summed E-state index contributed by atoms with van der Waals surface area (Å²) in [7, 11) is 0. The first-order valence-electron chi connectivity index (χ1n) is 6.24. The van der Waals surface area contributed by atoms with E-state index >= 15 is 0 Å². The van der Waals surface area contributed by atoms with Crippen LogP contribution in [0.4, 0.5) is 0 Å². The molecule has 0 spiro atoms. The number of benzene rings is 2. The molecule has 3 rings (SSSR count). The van der Waals surface area contributed by atoms with E-state index in [0.29, 0.717) is 0 Å². The van der Waals surface area contributed by atoms with Crippen molar-refractivity contribution in [2.75, 3.05) is 0 Å². The van der Waals surface area contributed by atoms with Crippen molar-refractivity contribution in [1.82, 2.24) is 4.57 Å². The fourth-order valence-corrected chi connectivity index (χ4v) is 2.61. The van der Waals surface area contributed by atoms with E-state index in [1.807, 2.05) is 12.1 Å². The monoisotopic (exact) mass is 237 g/mol. The molecule has 0 saturated heterocycles. The summed E-state index contributed by atoms with van der Waals surface area (Å²) < 4.78 is 2.26. The topological polar surface area (TPSA) is 22.0 Å². The third-order valence-corrected chi connectivity index (χ3v) is 3.50. The summed E-state index contributed by atoms with van der Waals surface area (Å²) in [4.78, 5) is 11.5. The second-order valence-corrected chi connectivity index (χ2v) is 4.55. The Balaban J connectivity index is 2.48. The molecule has 2 nitrogen and oxygen atoms in total. The molecule has 1 heterocycles. The Bertz CT molecular complexity index is 752. The van der Waals surface area contributed by atoms with Gasteiger partial charge in [-0.25, -0.2) is 0 Å². The van der Waals surface area contributed by atoms with Gasteiger partial charge in [0.1, 0.15) is 0 Å². The number of carbonyl (C=O) groups excluding carboxylic acids is 1. The molecule has 3 aromatic rings. The number of nitrogens with zero attached hydrogens (tertiary/aromatic N) is 1. The highest BCUT2D eigenvalue weighted by Crippen LogP contribution is 2.29. The Hall–Kier alpha value is -2.09. The number of rotatable bonds is 2. The lowest BCUT2D eigenvalue weighted by Crippen LogP contribution is -1.95. The van der Waals surface area contributed by atoms with Crippen molar-refractivity contribution in [3.63, 3.8) is 0 Å².